The Bertz CT molecular complexity index is 801. The van der Waals surface area contributed by atoms with Crippen molar-refractivity contribution in [1.29, 1.82) is 0 Å². The molecule has 7 nitrogen and oxygen atoms in total. The van der Waals surface area contributed by atoms with Gasteiger partial charge in [0.15, 0.2) is 5.82 Å². The number of aryl methyl sites for hydroxylation is 2. The zero-order valence-corrected chi connectivity index (χ0v) is 14.5. The number of primary amides is 1. The van der Waals surface area contributed by atoms with Crippen molar-refractivity contribution in [2.45, 2.75) is 20.3 Å². The number of nitro benzene ring substituents is 1. The van der Waals surface area contributed by atoms with Crippen molar-refractivity contribution in [3.05, 3.63) is 63.5 Å². The zero-order valence-electron chi connectivity index (χ0n) is 13.7. The molecule has 0 radical (unpaired) electrons. The number of hydrazine groups is 1. The summed E-state index contributed by atoms with van der Waals surface area (Å²) in [4.78, 5) is 22.0. The SMILES string of the molecule is CCc1cc([N+](=O)[O-])cc(F)c1N(Nc1cccc(C)c1)C(N)=O.Cl. The van der Waals surface area contributed by atoms with E-state index in [0.717, 1.165) is 16.6 Å². The predicted molar refractivity (Wildman–Crippen MR) is 96.5 cm³/mol. The van der Waals surface area contributed by atoms with Crippen molar-refractivity contribution in [3.8, 4) is 0 Å². The van der Waals surface area contributed by atoms with Crippen LogP contribution in [0.2, 0.25) is 0 Å². The molecule has 3 N–H and O–H groups in total. The standard InChI is InChI=1S/C16H17FN4O3.ClH/c1-3-11-8-13(21(23)24)9-14(17)15(11)20(16(18)22)19-12-6-4-5-10(2)7-12;/h4-9,19H,3H2,1-2H3,(H2,18,22);1H. The third-order valence-corrected chi connectivity index (χ3v) is 3.42. The number of hydrogen-bond acceptors (Lipinski definition) is 4. The second kappa shape index (κ2) is 8.29. The van der Waals surface area contributed by atoms with Gasteiger partial charge in [0.2, 0.25) is 0 Å². The fourth-order valence-corrected chi connectivity index (χ4v) is 2.33. The van der Waals surface area contributed by atoms with Crippen molar-refractivity contribution >= 4 is 35.5 Å². The second-order valence-corrected chi connectivity index (χ2v) is 5.20. The molecule has 0 bridgehead atoms. The highest BCUT2D eigenvalue weighted by Gasteiger charge is 2.24. The van der Waals surface area contributed by atoms with Gasteiger partial charge in [-0.3, -0.25) is 15.5 Å². The molecule has 0 aliphatic carbocycles. The molecule has 0 unspecified atom stereocenters. The third-order valence-electron chi connectivity index (χ3n) is 3.42. The van der Waals surface area contributed by atoms with Crippen LogP contribution in [0.3, 0.4) is 0 Å². The number of halogens is 2. The van der Waals surface area contributed by atoms with E-state index in [-0.39, 0.29) is 30.2 Å². The van der Waals surface area contributed by atoms with Crippen LogP contribution >= 0.6 is 12.4 Å². The average Bonchev–Trinajstić information content (AvgIpc) is 2.52. The van der Waals surface area contributed by atoms with Gasteiger partial charge in [0.1, 0.15) is 5.69 Å². The Morgan fingerprint density at radius 3 is 2.56 bits per heavy atom. The van der Waals surface area contributed by atoms with Crippen LogP contribution in [-0.4, -0.2) is 11.0 Å². The number of nitro groups is 1. The third kappa shape index (κ3) is 4.57. The molecule has 0 saturated carbocycles. The monoisotopic (exact) mass is 368 g/mol. The Balaban J connectivity index is 0.00000312. The first-order chi connectivity index (χ1) is 11.3. The molecular formula is C16H18ClFN4O3. The smallest absolute Gasteiger partial charge is 0.338 e. The van der Waals surface area contributed by atoms with Gasteiger partial charge < -0.3 is 5.73 Å². The Morgan fingerprint density at radius 1 is 1.36 bits per heavy atom. The lowest BCUT2D eigenvalue weighted by Gasteiger charge is -2.25. The Hall–Kier alpha value is -2.87. The molecule has 0 heterocycles. The molecule has 0 aliphatic rings. The van der Waals surface area contributed by atoms with Gasteiger partial charge in [0.25, 0.3) is 5.69 Å². The summed E-state index contributed by atoms with van der Waals surface area (Å²) in [6.45, 7) is 3.57. The molecule has 2 aromatic carbocycles. The Kier molecular flexibility index (Phi) is 6.69. The predicted octanol–water partition coefficient (Wildman–Crippen LogP) is 3.94. The first-order valence-electron chi connectivity index (χ1n) is 7.23. The van der Waals surface area contributed by atoms with Gasteiger partial charge in [0.05, 0.1) is 16.7 Å². The molecule has 0 aromatic heterocycles. The van der Waals surface area contributed by atoms with Crippen molar-refractivity contribution in [2.24, 2.45) is 5.73 Å². The lowest BCUT2D eigenvalue weighted by Crippen LogP contribution is -2.41. The summed E-state index contributed by atoms with van der Waals surface area (Å²) in [5, 5.41) is 11.7. The lowest BCUT2D eigenvalue weighted by atomic mass is 10.1. The number of nitrogens with one attached hydrogen (secondary N) is 1. The van der Waals surface area contributed by atoms with E-state index >= 15 is 0 Å². The highest BCUT2D eigenvalue weighted by Crippen LogP contribution is 2.30. The maximum atomic E-state index is 14.5. The van der Waals surface area contributed by atoms with Crippen LogP contribution in [0, 0.1) is 22.9 Å². The highest BCUT2D eigenvalue weighted by molar-refractivity contribution is 5.94. The average molecular weight is 369 g/mol. The van der Waals surface area contributed by atoms with E-state index in [1.165, 1.54) is 6.07 Å². The van der Waals surface area contributed by atoms with Gasteiger partial charge in [-0.25, -0.2) is 14.2 Å². The summed E-state index contributed by atoms with van der Waals surface area (Å²) in [5.41, 5.74) is 9.37. The highest BCUT2D eigenvalue weighted by atomic mass is 35.5. The van der Waals surface area contributed by atoms with E-state index in [1.54, 1.807) is 25.1 Å². The van der Waals surface area contributed by atoms with Crippen LogP contribution in [0.25, 0.3) is 0 Å². The van der Waals surface area contributed by atoms with E-state index < -0.39 is 16.8 Å². The minimum atomic E-state index is -0.932. The number of rotatable bonds is 5. The van der Waals surface area contributed by atoms with Crippen LogP contribution in [0.4, 0.5) is 26.2 Å². The summed E-state index contributed by atoms with van der Waals surface area (Å²) in [7, 11) is 0. The molecule has 25 heavy (non-hydrogen) atoms. The molecule has 0 atom stereocenters. The maximum absolute atomic E-state index is 14.5. The van der Waals surface area contributed by atoms with Crippen molar-refractivity contribution in [3.63, 3.8) is 0 Å². The minimum Gasteiger partial charge on any atom is -0.350 e. The number of amides is 2. The van der Waals surface area contributed by atoms with Gasteiger partial charge >= 0.3 is 6.03 Å². The summed E-state index contributed by atoms with van der Waals surface area (Å²) in [6, 6.07) is 8.14. The molecule has 9 heteroatoms. The summed E-state index contributed by atoms with van der Waals surface area (Å²) >= 11 is 0. The number of non-ortho nitro benzene ring substituents is 1. The normalized spacial score (nSPS) is 9.88. The Morgan fingerprint density at radius 2 is 2.04 bits per heavy atom. The molecule has 2 rings (SSSR count). The quantitative estimate of drug-likeness (QED) is 0.616. The van der Waals surface area contributed by atoms with Crippen LogP contribution in [-0.2, 0) is 6.42 Å². The molecule has 0 aliphatic heterocycles. The van der Waals surface area contributed by atoms with E-state index in [2.05, 4.69) is 5.43 Å². The second-order valence-electron chi connectivity index (χ2n) is 5.20. The van der Waals surface area contributed by atoms with E-state index in [4.69, 9.17) is 5.73 Å². The first-order valence-corrected chi connectivity index (χ1v) is 7.23. The number of anilines is 2. The number of carbonyl (C=O) groups excluding carboxylic acids is 1. The van der Waals surface area contributed by atoms with Crippen molar-refractivity contribution < 1.29 is 14.1 Å². The fraction of sp³-hybridized carbons (Fsp3) is 0.188. The Labute approximate surface area is 150 Å². The number of urea groups is 1. The molecule has 0 fully saturated rings. The fourth-order valence-electron chi connectivity index (χ4n) is 2.33. The zero-order chi connectivity index (χ0) is 17.9. The number of hydrogen-bond donors (Lipinski definition) is 2. The number of carbonyl (C=O) groups is 1. The van der Waals surface area contributed by atoms with Crippen LogP contribution in [0.1, 0.15) is 18.1 Å². The maximum Gasteiger partial charge on any atom is 0.338 e. The van der Waals surface area contributed by atoms with E-state index in [0.29, 0.717) is 11.3 Å². The van der Waals surface area contributed by atoms with Gasteiger partial charge in [0, 0.05) is 6.07 Å². The lowest BCUT2D eigenvalue weighted by molar-refractivity contribution is -0.385. The molecule has 0 saturated heterocycles. The van der Waals surface area contributed by atoms with Crippen molar-refractivity contribution in [2.75, 3.05) is 10.4 Å². The van der Waals surface area contributed by atoms with Crippen LogP contribution < -0.4 is 16.2 Å². The van der Waals surface area contributed by atoms with Crippen LogP contribution in [0.15, 0.2) is 36.4 Å². The van der Waals surface area contributed by atoms with Crippen LogP contribution in [0.5, 0.6) is 0 Å². The molecule has 2 aromatic rings. The summed E-state index contributed by atoms with van der Waals surface area (Å²) in [5.74, 6) is -0.903. The van der Waals surface area contributed by atoms with Gasteiger partial charge in [-0.2, -0.15) is 0 Å². The number of benzene rings is 2. The summed E-state index contributed by atoms with van der Waals surface area (Å²) in [6.07, 6.45) is 0.285. The van der Waals surface area contributed by atoms with E-state index in [9.17, 15) is 19.3 Å². The minimum absolute atomic E-state index is 0. The number of nitrogens with zero attached hydrogens (tertiary/aromatic N) is 2. The molecular weight excluding hydrogens is 351 g/mol. The topological polar surface area (TPSA) is 102 Å². The number of nitrogens with two attached hydrogens (primary N) is 1. The van der Waals surface area contributed by atoms with Gasteiger partial charge in [-0.1, -0.05) is 19.1 Å². The summed E-state index contributed by atoms with van der Waals surface area (Å²) < 4.78 is 14.5. The molecule has 134 valence electrons. The first kappa shape index (κ1) is 20.2. The molecule has 2 amide bonds. The molecule has 0 spiro atoms. The van der Waals surface area contributed by atoms with Crippen molar-refractivity contribution in [1.82, 2.24) is 0 Å². The van der Waals surface area contributed by atoms with Gasteiger partial charge in [-0.05, 0) is 36.6 Å². The van der Waals surface area contributed by atoms with Gasteiger partial charge in [-0.15, -0.1) is 12.4 Å². The van der Waals surface area contributed by atoms with E-state index in [1.807, 2.05) is 13.0 Å². The largest absolute Gasteiger partial charge is 0.350 e.